The van der Waals surface area contributed by atoms with E-state index in [1.165, 1.54) is 24.3 Å². The highest BCUT2D eigenvalue weighted by Crippen LogP contribution is 2.66. The van der Waals surface area contributed by atoms with Crippen LogP contribution in [-0.4, -0.2) is 38.5 Å². The number of aromatic hydroxyl groups is 1. The van der Waals surface area contributed by atoms with Crippen molar-refractivity contribution in [3.8, 4) is 5.75 Å². The number of phenolic OH excluding ortho intramolecular Hbond substituents is 1. The molecule has 2 saturated heterocycles. The van der Waals surface area contributed by atoms with Crippen LogP contribution in [0.2, 0.25) is 0 Å². The minimum atomic E-state index is -2.29. The van der Waals surface area contributed by atoms with Crippen LogP contribution in [0, 0.1) is 29.4 Å². The maximum absolute atomic E-state index is 14.8. The molecule has 4 amide bonds. The molecule has 1 saturated carbocycles. The summed E-state index contributed by atoms with van der Waals surface area (Å²) >= 11 is 14.5. The Labute approximate surface area is 266 Å². The molecule has 4 aliphatic rings. The van der Waals surface area contributed by atoms with Crippen LogP contribution in [0.4, 0.5) is 20.2 Å². The van der Waals surface area contributed by atoms with Crippen LogP contribution < -0.4 is 9.80 Å². The lowest BCUT2D eigenvalue weighted by Crippen LogP contribution is -2.60. The zero-order valence-corrected chi connectivity index (χ0v) is 24.9. The Kier molecular flexibility index (Phi) is 6.58. The number of benzene rings is 3. The fourth-order valence-electron chi connectivity index (χ4n) is 7.52. The van der Waals surface area contributed by atoms with E-state index >= 15 is 0 Å². The molecular weight excluding hydrogens is 625 g/mol. The van der Waals surface area contributed by atoms with Crippen LogP contribution in [0.5, 0.6) is 5.75 Å². The van der Waals surface area contributed by atoms with E-state index in [9.17, 15) is 33.1 Å². The second kappa shape index (κ2) is 10.1. The highest BCUT2D eigenvalue weighted by atomic mass is 35.5. The van der Waals surface area contributed by atoms with Crippen LogP contribution in [-0.2, 0) is 19.2 Å². The topological polar surface area (TPSA) is 95.0 Å². The van der Waals surface area contributed by atoms with Crippen LogP contribution in [0.1, 0.15) is 29.9 Å². The Morgan fingerprint density at radius 2 is 1.49 bits per heavy atom. The predicted molar refractivity (Wildman–Crippen MR) is 164 cm³/mol. The van der Waals surface area contributed by atoms with E-state index in [-0.39, 0.29) is 24.1 Å². The average molecular weight is 649 g/mol. The molecular formula is C34H24Cl2F2N2O5. The monoisotopic (exact) mass is 648 g/mol. The van der Waals surface area contributed by atoms with Crippen molar-refractivity contribution in [2.24, 2.45) is 17.8 Å². The van der Waals surface area contributed by atoms with Gasteiger partial charge in [0.2, 0.25) is 11.8 Å². The van der Waals surface area contributed by atoms with Crippen LogP contribution in [0.3, 0.4) is 0 Å². The molecule has 3 fully saturated rings. The van der Waals surface area contributed by atoms with Gasteiger partial charge in [0.05, 0.1) is 23.2 Å². The van der Waals surface area contributed by atoms with E-state index < -0.39 is 74.4 Å². The van der Waals surface area contributed by atoms with Gasteiger partial charge in [-0.05, 0) is 66.8 Å². The summed E-state index contributed by atoms with van der Waals surface area (Å²) in [5.74, 6) is -9.18. The van der Waals surface area contributed by atoms with Gasteiger partial charge in [-0.1, -0.05) is 48.6 Å². The summed E-state index contributed by atoms with van der Waals surface area (Å²) in [6, 6.07) is 15.1. The van der Waals surface area contributed by atoms with Crippen molar-refractivity contribution in [2.75, 3.05) is 9.80 Å². The highest BCUT2D eigenvalue weighted by Gasteiger charge is 2.77. The molecule has 228 valence electrons. The van der Waals surface area contributed by atoms with E-state index in [0.717, 1.165) is 33.6 Å². The van der Waals surface area contributed by atoms with E-state index in [0.29, 0.717) is 11.3 Å². The molecule has 6 atom stereocenters. The van der Waals surface area contributed by atoms with Crippen molar-refractivity contribution in [1.82, 2.24) is 0 Å². The smallest absolute Gasteiger partial charge is 0.258 e. The number of hydrogen-bond donors (Lipinski definition) is 1. The molecule has 0 spiro atoms. The van der Waals surface area contributed by atoms with E-state index in [1.807, 2.05) is 0 Å². The Hall–Kier alpha value is -4.34. The summed E-state index contributed by atoms with van der Waals surface area (Å²) in [6.07, 6.45) is 3.11. The van der Waals surface area contributed by atoms with Crippen molar-refractivity contribution in [3.63, 3.8) is 0 Å². The first kappa shape index (κ1) is 29.4. The summed E-state index contributed by atoms with van der Waals surface area (Å²) in [5, 5.41) is 10.9. The molecule has 0 radical (unpaired) electrons. The normalized spacial score (nSPS) is 30.6. The number of fused-ring (bicyclic) bond motifs is 4. The van der Waals surface area contributed by atoms with Gasteiger partial charge in [-0.2, -0.15) is 0 Å². The number of para-hydroxylation sites is 1. The molecule has 3 aromatic rings. The molecule has 2 aliphatic heterocycles. The number of alkyl halides is 2. The Morgan fingerprint density at radius 3 is 2.16 bits per heavy atom. The first-order valence-corrected chi connectivity index (χ1v) is 15.0. The third-order valence-corrected chi connectivity index (χ3v) is 11.0. The van der Waals surface area contributed by atoms with Crippen LogP contribution >= 0.6 is 23.2 Å². The SMILES string of the molecule is C=Cc1ccc(N2C(=O)C3CC=C4C(CC5(Cl)C(=O)N(c6ccc(F)cc6)C(=O)C5(Cl)C4c4cccc(F)c4O)C3C2=O)cc1. The molecule has 6 unspecified atom stereocenters. The first-order valence-electron chi connectivity index (χ1n) is 14.2. The number of anilines is 2. The van der Waals surface area contributed by atoms with Crippen molar-refractivity contribution in [3.05, 3.63) is 108 Å². The maximum atomic E-state index is 14.8. The lowest BCUT2D eigenvalue weighted by atomic mass is 9.56. The molecule has 45 heavy (non-hydrogen) atoms. The van der Waals surface area contributed by atoms with E-state index in [4.69, 9.17) is 23.2 Å². The number of imide groups is 2. The number of phenols is 1. The first-order chi connectivity index (χ1) is 21.4. The predicted octanol–water partition coefficient (Wildman–Crippen LogP) is 6.08. The summed E-state index contributed by atoms with van der Waals surface area (Å²) in [4.78, 5) is 53.8. The summed E-state index contributed by atoms with van der Waals surface area (Å²) in [5.41, 5.74) is 1.47. The van der Waals surface area contributed by atoms with Crippen LogP contribution in [0.15, 0.2) is 85.0 Å². The molecule has 0 aromatic heterocycles. The summed E-state index contributed by atoms with van der Waals surface area (Å²) in [7, 11) is 0. The van der Waals surface area contributed by atoms with Gasteiger partial charge in [0.25, 0.3) is 11.8 Å². The number of nitrogens with zero attached hydrogens (tertiary/aromatic N) is 2. The number of carbonyl (C=O) groups excluding carboxylic acids is 4. The second-order valence-corrected chi connectivity index (χ2v) is 13.0. The fourth-order valence-corrected chi connectivity index (χ4v) is 8.45. The highest BCUT2D eigenvalue weighted by molar-refractivity contribution is 6.58. The van der Waals surface area contributed by atoms with Crippen molar-refractivity contribution in [2.45, 2.75) is 28.5 Å². The van der Waals surface area contributed by atoms with Crippen LogP contribution in [0.25, 0.3) is 6.08 Å². The number of halogens is 4. The van der Waals surface area contributed by atoms with Gasteiger partial charge in [-0.25, -0.2) is 13.7 Å². The quantitative estimate of drug-likeness (QED) is 0.210. The standard InChI is InChI=1S/C34H24Cl2F2N2O5/c1-2-17-6-10-19(11-7-17)39-29(42)22-15-14-21-24(26(22)30(39)43)16-33(35)31(44)40(20-12-8-18(37)9-13-20)32(45)34(33,36)27(21)23-4-3-5-25(38)28(23)41/h2-14,22,24,26-27,41H,1,15-16H2. The lowest BCUT2D eigenvalue weighted by molar-refractivity contribution is -0.125. The van der Waals surface area contributed by atoms with Gasteiger partial charge in [0, 0.05) is 11.5 Å². The molecule has 2 aliphatic carbocycles. The van der Waals surface area contributed by atoms with E-state index in [2.05, 4.69) is 6.58 Å². The largest absolute Gasteiger partial charge is 0.505 e. The number of hydrogen-bond acceptors (Lipinski definition) is 5. The van der Waals surface area contributed by atoms with Crippen molar-refractivity contribution in [1.29, 1.82) is 0 Å². The van der Waals surface area contributed by atoms with Crippen molar-refractivity contribution >= 4 is 64.3 Å². The number of rotatable bonds is 4. The van der Waals surface area contributed by atoms with Gasteiger partial charge in [-0.15, -0.1) is 23.2 Å². The third kappa shape index (κ3) is 3.86. The molecule has 1 N–H and O–H groups in total. The number of amides is 4. The molecule has 7 nitrogen and oxygen atoms in total. The van der Waals surface area contributed by atoms with Gasteiger partial charge >= 0.3 is 0 Å². The minimum absolute atomic E-state index is 0.0131. The van der Waals surface area contributed by atoms with Crippen molar-refractivity contribution < 1.29 is 33.1 Å². The number of carbonyl (C=O) groups is 4. The Morgan fingerprint density at radius 1 is 0.844 bits per heavy atom. The fraction of sp³-hybridized carbons (Fsp3) is 0.235. The Bertz CT molecular complexity index is 1860. The lowest BCUT2D eigenvalue weighted by Gasteiger charge is -2.50. The van der Waals surface area contributed by atoms with E-state index in [1.54, 1.807) is 36.4 Å². The third-order valence-electron chi connectivity index (χ3n) is 9.61. The maximum Gasteiger partial charge on any atom is 0.258 e. The molecule has 11 heteroatoms. The van der Waals surface area contributed by atoms with Gasteiger partial charge in [-0.3, -0.25) is 24.1 Å². The van der Waals surface area contributed by atoms with Gasteiger partial charge in [0.15, 0.2) is 21.3 Å². The molecule has 0 bridgehead atoms. The summed E-state index contributed by atoms with van der Waals surface area (Å²) < 4.78 is 28.6. The number of allylic oxidation sites excluding steroid dienone is 2. The molecule has 7 rings (SSSR count). The van der Waals surface area contributed by atoms with Gasteiger partial charge in [0.1, 0.15) is 5.82 Å². The zero-order valence-electron chi connectivity index (χ0n) is 23.4. The second-order valence-electron chi connectivity index (χ2n) is 11.7. The Balaban J connectivity index is 1.40. The van der Waals surface area contributed by atoms with Gasteiger partial charge < -0.3 is 5.11 Å². The molecule has 3 aromatic carbocycles. The zero-order chi connectivity index (χ0) is 32.0. The molecule has 2 heterocycles. The average Bonchev–Trinajstić information content (AvgIpc) is 3.37. The minimum Gasteiger partial charge on any atom is -0.505 e. The summed E-state index contributed by atoms with van der Waals surface area (Å²) in [6.45, 7) is 3.72.